The molecular weight excluding hydrogens is 324 g/mol. The maximum absolute atomic E-state index is 13.5. The average Bonchev–Trinajstić information content (AvgIpc) is 2.53. The summed E-state index contributed by atoms with van der Waals surface area (Å²) in [6.45, 7) is 0. The summed E-state index contributed by atoms with van der Waals surface area (Å²) < 4.78 is 26.5. The summed E-state index contributed by atoms with van der Waals surface area (Å²) in [5.41, 5.74) is -0.0434. The zero-order valence-electron chi connectivity index (χ0n) is 11.6. The Kier molecular flexibility index (Phi) is 5.28. The van der Waals surface area contributed by atoms with Crippen LogP contribution in [-0.2, 0) is 4.79 Å². The zero-order chi connectivity index (χ0) is 16.8. The minimum absolute atomic E-state index is 0.183. The van der Waals surface area contributed by atoms with E-state index in [1.165, 1.54) is 0 Å². The van der Waals surface area contributed by atoms with Crippen LogP contribution in [0.3, 0.4) is 0 Å². The van der Waals surface area contributed by atoms with Crippen molar-refractivity contribution in [3.8, 4) is 6.07 Å². The van der Waals surface area contributed by atoms with Gasteiger partial charge in [-0.05, 0) is 36.4 Å². The molecule has 1 amide bonds. The van der Waals surface area contributed by atoms with Crippen molar-refractivity contribution in [2.45, 2.75) is 0 Å². The fraction of sp³-hybridized carbons (Fsp3) is 0. The fourth-order valence-corrected chi connectivity index (χ4v) is 1.76. The number of anilines is 2. The van der Waals surface area contributed by atoms with Gasteiger partial charge < -0.3 is 10.6 Å². The highest BCUT2D eigenvalue weighted by molar-refractivity contribution is 6.30. The second-order valence-corrected chi connectivity index (χ2v) is 4.84. The monoisotopic (exact) mass is 333 g/mol. The number of amides is 1. The van der Waals surface area contributed by atoms with Gasteiger partial charge in [-0.2, -0.15) is 5.26 Å². The van der Waals surface area contributed by atoms with Crippen molar-refractivity contribution in [2.75, 3.05) is 10.6 Å². The van der Waals surface area contributed by atoms with E-state index >= 15 is 0 Å². The van der Waals surface area contributed by atoms with Crippen LogP contribution in [0.1, 0.15) is 0 Å². The van der Waals surface area contributed by atoms with Gasteiger partial charge in [0, 0.05) is 23.0 Å². The Hall–Kier alpha value is -2.91. The average molecular weight is 334 g/mol. The molecule has 0 radical (unpaired) electrons. The Morgan fingerprint density at radius 3 is 2.52 bits per heavy atom. The molecule has 0 aromatic heterocycles. The first kappa shape index (κ1) is 16.5. The lowest BCUT2D eigenvalue weighted by molar-refractivity contribution is -0.112. The van der Waals surface area contributed by atoms with E-state index < -0.39 is 17.5 Å². The highest BCUT2D eigenvalue weighted by Gasteiger charge is 2.10. The van der Waals surface area contributed by atoms with Gasteiger partial charge in [0.2, 0.25) is 0 Å². The Bertz CT molecular complexity index is 798. The maximum atomic E-state index is 13.5. The summed E-state index contributed by atoms with van der Waals surface area (Å²) in [6.07, 6.45) is 1.00. The van der Waals surface area contributed by atoms with Crippen molar-refractivity contribution in [1.29, 1.82) is 5.26 Å². The molecule has 0 fully saturated rings. The number of hydrogen-bond acceptors (Lipinski definition) is 3. The molecular formula is C16H10ClF2N3O. The van der Waals surface area contributed by atoms with Crippen LogP contribution in [0.25, 0.3) is 0 Å². The lowest BCUT2D eigenvalue weighted by Gasteiger charge is -2.06. The second-order valence-electron chi connectivity index (χ2n) is 4.40. The Morgan fingerprint density at radius 2 is 1.87 bits per heavy atom. The molecule has 2 rings (SSSR count). The molecule has 0 saturated heterocycles. The van der Waals surface area contributed by atoms with Crippen molar-refractivity contribution < 1.29 is 13.6 Å². The van der Waals surface area contributed by atoms with Crippen LogP contribution in [0.2, 0.25) is 5.02 Å². The minimum atomic E-state index is -0.710. The first-order valence-electron chi connectivity index (χ1n) is 6.38. The van der Waals surface area contributed by atoms with Gasteiger partial charge in [0.1, 0.15) is 23.3 Å². The fourth-order valence-electron chi connectivity index (χ4n) is 1.64. The predicted octanol–water partition coefficient (Wildman–Crippen LogP) is 4.08. The van der Waals surface area contributed by atoms with Gasteiger partial charge in [-0.25, -0.2) is 8.78 Å². The van der Waals surface area contributed by atoms with Gasteiger partial charge in [-0.3, -0.25) is 4.79 Å². The number of carbonyl (C=O) groups excluding carboxylic acids is 1. The molecule has 0 bridgehead atoms. The molecule has 2 aromatic carbocycles. The maximum Gasteiger partial charge on any atom is 0.267 e. The van der Waals surface area contributed by atoms with Crippen LogP contribution in [-0.4, -0.2) is 5.91 Å². The standard InChI is InChI=1S/C16H10ClF2N3O/c17-11-1-4-13(5-2-11)22-16(23)10(8-20)9-21-15-7-12(18)3-6-14(15)19/h1-7,9,21H,(H,22,23)/b10-9-. The van der Waals surface area contributed by atoms with E-state index in [1.807, 2.05) is 0 Å². The van der Waals surface area contributed by atoms with Gasteiger partial charge in [-0.15, -0.1) is 0 Å². The molecule has 0 aliphatic rings. The number of nitriles is 1. The summed E-state index contributed by atoms with van der Waals surface area (Å²) >= 11 is 5.73. The van der Waals surface area contributed by atoms with Crippen LogP contribution in [0, 0.1) is 23.0 Å². The van der Waals surface area contributed by atoms with E-state index in [2.05, 4.69) is 10.6 Å². The van der Waals surface area contributed by atoms with Gasteiger partial charge in [-0.1, -0.05) is 11.6 Å². The molecule has 0 heterocycles. The lowest BCUT2D eigenvalue weighted by Crippen LogP contribution is -2.14. The van der Waals surface area contributed by atoms with E-state index in [0.29, 0.717) is 10.7 Å². The number of nitrogens with zero attached hydrogens (tertiary/aromatic N) is 1. The number of carbonyl (C=O) groups is 1. The quantitative estimate of drug-likeness (QED) is 0.654. The number of hydrogen-bond donors (Lipinski definition) is 2. The molecule has 116 valence electrons. The molecule has 4 nitrogen and oxygen atoms in total. The van der Waals surface area contributed by atoms with Crippen LogP contribution in [0.5, 0.6) is 0 Å². The van der Waals surface area contributed by atoms with Crippen LogP contribution < -0.4 is 10.6 Å². The number of nitrogens with one attached hydrogen (secondary N) is 2. The zero-order valence-corrected chi connectivity index (χ0v) is 12.4. The molecule has 0 unspecified atom stereocenters. The first-order valence-corrected chi connectivity index (χ1v) is 6.76. The van der Waals surface area contributed by atoms with Gasteiger partial charge in [0.05, 0.1) is 5.69 Å². The van der Waals surface area contributed by atoms with E-state index in [1.54, 1.807) is 30.3 Å². The van der Waals surface area contributed by atoms with Crippen LogP contribution >= 0.6 is 11.6 Å². The molecule has 0 spiro atoms. The third kappa shape index (κ3) is 4.53. The van der Waals surface area contributed by atoms with Gasteiger partial charge in [0.15, 0.2) is 0 Å². The van der Waals surface area contributed by atoms with Crippen molar-refractivity contribution >= 4 is 28.9 Å². The smallest absolute Gasteiger partial charge is 0.267 e. The summed E-state index contributed by atoms with van der Waals surface area (Å²) in [5.74, 6) is -2.05. The lowest BCUT2D eigenvalue weighted by atomic mass is 10.2. The summed E-state index contributed by atoms with van der Waals surface area (Å²) in [5, 5.41) is 14.4. The predicted molar refractivity (Wildman–Crippen MR) is 83.8 cm³/mol. The van der Waals surface area contributed by atoms with E-state index in [4.69, 9.17) is 16.9 Å². The van der Waals surface area contributed by atoms with E-state index in [-0.39, 0.29) is 11.3 Å². The topological polar surface area (TPSA) is 64.9 Å². The van der Waals surface area contributed by atoms with Crippen molar-refractivity contribution in [1.82, 2.24) is 0 Å². The summed E-state index contributed by atoms with van der Waals surface area (Å²) in [7, 11) is 0. The molecule has 2 aromatic rings. The third-order valence-corrected chi connectivity index (χ3v) is 3.02. The van der Waals surface area contributed by atoms with Crippen LogP contribution in [0.15, 0.2) is 54.2 Å². The van der Waals surface area contributed by atoms with E-state index in [0.717, 1.165) is 24.4 Å². The van der Waals surface area contributed by atoms with Gasteiger partial charge in [0.25, 0.3) is 5.91 Å². The summed E-state index contributed by atoms with van der Waals surface area (Å²) in [4.78, 5) is 12.0. The van der Waals surface area contributed by atoms with Crippen LogP contribution in [0.4, 0.5) is 20.2 Å². The van der Waals surface area contributed by atoms with Crippen molar-refractivity contribution in [2.24, 2.45) is 0 Å². The summed E-state index contributed by atoms with van der Waals surface area (Å²) in [6, 6.07) is 10.8. The molecule has 23 heavy (non-hydrogen) atoms. The molecule has 0 aliphatic carbocycles. The first-order chi connectivity index (χ1) is 11.0. The highest BCUT2D eigenvalue weighted by atomic mass is 35.5. The Labute approximate surface area is 136 Å². The third-order valence-electron chi connectivity index (χ3n) is 2.77. The molecule has 0 aliphatic heterocycles. The van der Waals surface area contributed by atoms with Crippen molar-refractivity contribution in [3.05, 3.63) is 70.9 Å². The largest absolute Gasteiger partial charge is 0.358 e. The molecule has 2 N–H and O–H groups in total. The number of rotatable bonds is 4. The highest BCUT2D eigenvalue weighted by Crippen LogP contribution is 2.16. The second kappa shape index (κ2) is 7.38. The molecule has 0 atom stereocenters. The Balaban J connectivity index is 2.12. The van der Waals surface area contributed by atoms with Gasteiger partial charge >= 0.3 is 0 Å². The minimum Gasteiger partial charge on any atom is -0.358 e. The number of halogens is 3. The molecule has 7 heteroatoms. The SMILES string of the molecule is N#C/C(=C/Nc1cc(F)ccc1F)C(=O)Nc1ccc(Cl)cc1. The Morgan fingerprint density at radius 1 is 1.17 bits per heavy atom. The van der Waals surface area contributed by atoms with E-state index in [9.17, 15) is 13.6 Å². The normalized spacial score (nSPS) is 10.8. The molecule has 0 saturated carbocycles. The van der Waals surface area contributed by atoms with Crippen molar-refractivity contribution in [3.63, 3.8) is 0 Å². The number of benzene rings is 2.